The van der Waals surface area contributed by atoms with Gasteiger partial charge in [0.15, 0.2) is 0 Å². The molecule has 6 aromatic rings. The fraction of sp³-hybridized carbons (Fsp3) is 0.282. The summed E-state index contributed by atoms with van der Waals surface area (Å²) in [6, 6.07) is 21.4. The number of carbonyl (C=O) groups excluding carboxylic acids is 2. The standard InChI is InChI=1S/C39H37FN6O5/c1-21-25(30-12-22-14-37(42-17-32(22)45(30)2)44-39(49)28-16-29(28)40)8-6-10-34(21)50-20-51-35-9-5-4-7-26(35)31-13-23-15-36(41-18-33(23)46(31)3)43-38(48)27-11-24(27)19-47/h4-10,12-15,17-18,24,27-29,47H,11,16,19-20H2,1-3H3,(H,41,43,48)(H,42,44,49). The van der Waals surface area contributed by atoms with Gasteiger partial charge in [-0.05, 0) is 68.1 Å². The van der Waals surface area contributed by atoms with Crippen LogP contribution in [0.5, 0.6) is 11.5 Å². The second kappa shape index (κ2) is 12.9. The second-order valence-corrected chi connectivity index (χ2v) is 13.4. The van der Waals surface area contributed by atoms with Crippen LogP contribution in [-0.4, -0.2) is 55.6 Å². The molecule has 0 aliphatic heterocycles. The monoisotopic (exact) mass is 688 g/mol. The highest BCUT2D eigenvalue weighted by Gasteiger charge is 2.44. The molecule has 11 nitrogen and oxygen atoms in total. The van der Waals surface area contributed by atoms with E-state index in [0.29, 0.717) is 29.6 Å². The second-order valence-electron chi connectivity index (χ2n) is 13.4. The van der Waals surface area contributed by atoms with Crippen molar-refractivity contribution in [2.75, 3.05) is 24.0 Å². The fourth-order valence-electron chi connectivity index (χ4n) is 6.77. The molecule has 4 atom stereocenters. The maximum Gasteiger partial charge on any atom is 0.231 e. The van der Waals surface area contributed by atoms with Crippen LogP contribution in [-0.2, 0) is 23.7 Å². The van der Waals surface area contributed by atoms with Crippen molar-refractivity contribution < 1.29 is 28.6 Å². The van der Waals surface area contributed by atoms with Crippen LogP contribution in [0.25, 0.3) is 44.3 Å². The van der Waals surface area contributed by atoms with Gasteiger partial charge in [0.2, 0.25) is 18.6 Å². The molecule has 3 N–H and O–H groups in total. The van der Waals surface area contributed by atoms with Gasteiger partial charge in [-0.25, -0.2) is 14.4 Å². The van der Waals surface area contributed by atoms with Crippen molar-refractivity contribution in [3.8, 4) is 34.0 Å². The lowest BCUT2D eigenvalue weighted by Gasteiger charge is -2.16. The number of nitrogens with one attached hydrogen (secondary N) is 2. The average Bonchev–Trinajstić information content (AvgIpc) is 4.03. The number of hydrogen-bond acceptors (Lipinski definition) is 7. The van der Waals surface area contributed by atoms with Gasteiger partial charge in [-0.3, -0.25) is 9.59 Å². The zero-order chi connectivity index (χ0) is 35.4. The number of hydrogen-bond donors (Lipinski definition) is 3. The van der Waals surface area contributed by atoms with Crippen LogP contribution in [0, 0.1) is 24.7 Å². The Labute approximate surface area is 293 Å². The molecule has 0 saturated heterocycles. The number of benzene rings is 2. The van der Waals surface area contributed by atoms with Gasteiger partial charge in [0.25, 0.3) is 0 Å². The number of para-hydroxylation sites is 1. The zero-order valence-electron chi connectivity index (χ0n) is 28.4. The Hall–Kier alpha value is -5.75. The molecule has 8 rings (SSSR count). The summed E-state index contributed by atoms with van der Waals surface area (Å²) in [5.41, 5.74) is 6.44. The van der Waals surface area contributed by atoms with Gasteiger partial charge in [-0.15, -0.1) is 0 Å². The summed E-state index contributed by atoms with van der Waals surface area (Å²) in [6.45, 7) is 1.99. The molecule has 12 heteroatoms. The third-order valence-corrected chi connectivity index (χ3v) is 10.1. The first-order valence-corrected chi connectivity index (χ1v) is 16.9. The molecule has 4 aromatic heterocycles. The van der Waals surface area contributed by atoms with Crippen LogP contribution < -0.4 is 20.1 Å². The Bertz CT molecular complexity index is 2330. The lowest BCUT2D eigenvalue weighted by molar-refractivity contribution is -0.118. The fourth-order valence-corrected chi connectivity index (χ4v) is 6.77. The average molecular weight is 689 g/mol. The van der Waals surface area contributed by atoms with E-state index in [2.05, 4.69) is 20.6 Å². The Kier molecular flexibility index (Phi) is 8.18. The highest BCUT2D eigenvalue weighted by Crippen LogP contribution is 2.40. The molecule has 0 spiro atoms. The Morgan fingerprint density at radius 3 is 1.96 bits per heavy atom. The number of ether oxygens (including phenoxy) is 2. The first-order valence-electron chi connectivity index (χ1n) is 16.9. The molecule has 0 bridgehead atoms. The van der Waals surface area contributed by atoms with E-state index in [1.54, 1.807) is 18.5 Å². The van der Waals surface area contributed by atoms with Crippen LogP contribution in [0.4, 0.5) is 16.0 Å². The van der Waals surface area contributed by atoms with Crippen LogP contribution in [0.3, 0.4) is 0 Å². The molecule has 0 radical (unpaired) electrons. The summed E-state index contributed by atoms with van der Waals surface area (Å²) in [7, 11) is 3.93. The number of carbonyl (C=O) groups is 2. The van der Waals surface area contributed by atoms with Crippen LogP contribution in [0.15, 0.2) is 79.1 Å². The first-order chi connectivity index (χ1) is 24.7. The zero-order valence-corrected chi connectivity index (χ0v) is 28.4. The van der Waals surface area contributed by atoms with Crippen molar-refractivity contribution in [1.82, 2.24) is 19.1 Å². The minimum Gasteiger partial charge on any atom is -0.457 e. The third kappa shape index (κ3) is 6.16. The van der Waals surface area contributed by atoms with Gasteiger partial charge in [-0.2, -0.15) is 0 Å². The number of fused-ring (bicyclic) bond motifs is 2. The number of halogens is 1. The number of alkyl halides is 1. The number of aliphatic hydroxyl groups excluding tert-OH is 1. The number of nitrogens with zero attached hydrogens (tertiary/aromatic N) is 4. The van der Waals surface area contributed by atoms with E-state index < -0.39 is 12.1 Å². The van der Waals surface area contributed by atoms with Crippen molar-refractivity contribution in [2.24, 2.45) is 31.8 Å². The van der Waals surface area contributed by atoms with Gasteiger partial charge >= 0.3 is 0 Å². The molecule has 4 unspecified atom stereocenters. The van der Waals surface area contributed by atoms with Gasteiger partial charge in [0, 0.05) is 59.8 Å². The van der Waals surface area contributed by atoms with Crippen LogP contribution in [0.1, 0.15) is 18.4 Å². The Morgan fingerprint density at radius 2 is 1.35 bits per heavy atom. The normalized spacial score (nSPS) is 19.2. The van der Waals surface area contributed by atoms with E-state index in [0.717, 1.165) is 49.9 Å². The molecular formula is C39H37FN6O5. The maximum atomic E-state index is 13.4. The van der Waals surface area contributed by atoms with Gasteiger partial charge in [0.05, 0.1) is 35.0 Å². The van der Waals surface area contributed by atoms with Gasteiger partial charge in [-0.1, -0.05) is 24.3 Å². The predicted octanol–water partition coefficient (Wildman–Crippen LogP) is 6.38. The van der Waals surface area contributed by atoms with Gasteiger partial charge < -0.3 is 34.3 Å². The van der Waals surface area contributed by atoms with Crippen LogP contribution >= 0.6 is 0 Å². The lowest BCUT2D eigenvalue weighted by Crippen LogP contribution is -2.16. The summed E-state index contributed by atoms with van der Waals surface area (Å²) in [5, 5.41) is 16.8. The molecule has 4 heterocycles. The molecule has 2 aliphatic rings. The largest absolute Gasteiger partial charge is 0.457 e. The van der Waals surface area contributed by atoms with Crippen molar-refractivity contribution >= 4 is 45.3 Å². The van der Waals surface area contributed by atoms with E-state index in [-0.39, 0.29) is 43.5 Å². The summed E-state index contributed by atoms with van der Waals surface area (Å²) in [4.78, 5) is 33.6. The third-order valence-electron chi connectivity index (χ3n) is 10.1. The van der Waals surface area contributed by atoms with Crippen molar-refractivity contribution in [1.29, 1.82) is 0 Å². The van der Waals surface area contributed by atoms with Crippen molar-refractivity contribution in [2.45, 2.75) is 25.9 Å². The summed E-state index contributed by atoms with van der Waals surface area (Å²) >= 11 is 0. The molecule has 2 aromatic carbocycles. The maximum absolute atomic E-state index is 13.4. The van der Waals surface area contributed by atoms with E-state index in [1.807, 2.05) is 90.8 Å². The molecule has 2 fully saturated rings. The number of aromatic nitrogens is 4. The topological polar surface area (TPSA) is 133 Å². The van der Waals surface area contributed by atoms with Gasteiger partial charge in [0.1, 0.15) is 29.3 Å². The predicted molar refractivity (Wildman–Crippen MR) is 192 cm³/mol. The number of pyridine rings is 2. The number of rotatable bonds is 11. The summed E-state index contributed by atoms with van der Waals surface area (Å²) < 4.78 is 29.9. The van der Waals surface area contributed by atoms with E-state index >= 15 is 0 Å². The van der Waals surface area contributed by atoms with Crippen molar-refractivity contribution in [3.63, 3.8) is 0 Å². The highest BCUT2D eigenvalue weighted by molar-refractivity contribution is 5.97. The van der Waals surface area contributed by atoms with E-state index in [1.165, 1.54) is 0 Å². The Morgan fingerprint density at radius 1 is 0.804 bits per heavy atom. The molecule has 2 saturated carbocycles. The number of anilines is 2. The van der Waals surface area contributed by atoms with Crippen LogP contribution in [0.2, 0.25) is 0 Å². The molecule has 51 heavy (non-hydrogen) atoms. The van der Waals surface area contributed by atoms with Crippen molar-refractivity contribution in [3.05, 3.63) is 84.7 Å². The minimum absolute atomic E-state index is 0.0187. The lowest BCUT2D eigenvalue weighted by atomic mass is 10.0. The van der Waals surface area contributed by atoms with E-state index in [9.17, 15) is 19.1 Å². The molecule has 2 aliphatic carbocycles. The number of amides is 2. The molecular weight excluding hydrogens is 651 g/mol. The molecule has 260 valence electrons. The highest BCUT2D eigenvalue weighted by atomic mass is 19.1. The first kappa shape index (κ1) is 32.5. The number of aryl methyl sites for hydroxylation is 2. The summed E-state index contributed by atoms with van der Waals surface area (Å²) in [6.07, 6.45) is 3.35. The summed E-state index contributed by atoms with van der Waals surface area (Å²) in [5.74, 6) is 1.02. The quantitative estimate of drug-likeness (QED) is 0.135. The Balaban J connectivity index is 0.978. The minimum atomic E-state index is -1.07. The smallest absolute Gasteiger partial charge is 0.231 e. The SMILES string of the molecule is Cc1c(OCOc2ccccc2-c2cc3cc(NC(=O)C4CC4CO)ncc3n2C)cccc1-c1cc2cc(NC(=O)C3CC3F)ncc2n1C. The number of aliphatic hydroxyl groups is 1. The van der Waals surface area contributed by atoms with E-state index in [4.69, 9.17) is 9.47 Å². The molecule has 2 amide bonds.